The number of hydrogen-bond acceptors (Lipinski definition) is 3. The third-order valence-electron chi connectivity index (χ3n) is 2.45. The SMILES string of the molecule is Cc1ncc(S(=O)(=O)Nc2cc(Br)cc(C(F)(F)F)c2)[nH]1. The predicted molar refractivity (Wildman–Crippen MR) is 73.3 cm³/mol. The molecular weight excluding hydrogens is 375 g/mol. The molecule has 0 amide bonds. The van der Waals surface area contributed by atoms with Gasteiger partial charge >= 0.3 is 6.18 Å². The van der Waals surface area contributed by atoms with Crippen molar-refractivity contribution in [3.8, 4) is 0 Å². The normalized spacial score (nSPS) is 12.4. The number of anilines is 1. The molecule has 0 aliphatic carbocycles. The number of benzene rings is 1. The second kappa shape index (κ2) is 5.34. The van der Waals surface area contributed by atoms with Crippen molar-refractivity contribution in [2.45, 2.75) is 18.1 Å². The minimum atomic E-state index is -4.57. The highest BCUT2D eigenvalue weighted by Crippen LogP contribution is 2.33. The van der Waals surface area contributed by atoms with Crippen LogP contribution >= 0.6 is 15.9 Å². The second-order valence-corrected chi connectivity index (χ2v) is 6.73. The Labute approximate surface area is 126 Å². The van der Waals surface area contributed by atoms with Crippen LogP contribution < -0.4 is 4.72 Å². The quantitative estimate of drug-likeness (QED) is 0.853. The standard InChI is InChI=1S/C11H9BrF3N3O2S/c1-6-16-5-10(17-6)21(19,20)18-9-3-7(11(13,14)15)2-8(12)4-9/h2-5,18H,1H3,(H,16,17). The summed E-state index contributed by atoms with van der Waals surface area (Å²) in [5, 5.41) is -0.228. The fraction of sp³-hybridized carbons (Fsp3) is 0.182. The molecule has 0 unspecified atom stereocenters. The van der Waals surface area contributed by atoms with E-state index in [1.54, 1.807) is 6.92 Å². The number of nitrogens with zero attached hydrogens (tertiary/aromatic N) is 1. The lowest BCUT2D eigenvalue weighted by molar-refractivity contribution is -0.137. The summed E-state index contributed by atoms with van der Waals surface area (Å²) in [6.45, 7) is 1.56. The van der Waals surface area contributed by atoms with Gasteiger partial charge in [0.25, 0.3) is 10.0 Å². The van der Waals surface area contributed by atoms with Gasteiger partial charge in [0.05, 0.1) is 17.4 Å². The van der Waals surface area contributed by atoms with E-state index in [1.165, 1.54) is 6.07 Å². The van der Waals surface area contributed by atoms with Crippen molar-refractivity contribution in [2.24, 2.45) is 0 Å². The molecular formula is C11H9BrF3N3O2S. The van der Waals surface area contributed by atoms with Crippen LogP contribution in [0.1, 0.15) is 11.4 Å². The Morgan fingerprint density at radius 2 is 1.95 bits per heavy atom. The fourth-order valence-corrected chi connectivity index (χ4v) is 3.06. The summed E-state index contributed by atoms with van der Waals surface area (Å²) in [4.78, 5) is 6.24. The van der Waals surface area contributed by atoms with Crippen molar-refractivity contribution in [1.82, 2.24) is 9.97 Å². The maximum atomic E-state index is 12.7. The summed E-state index contributed by atoms with van der Waals surface area (Å²) in [6, 6.07) is 2.81. The van der Waals surface area contributed by atoms with E-state index >= 15 is 0 Å². The van der Waals surface area contributed by atoms with Crippen LogP contribution in [-0.4, -0.2) is 18.4 Å². The molecule has 0 radical (unpaired) electrons. The largest absolute Gasteiger partial charge is 0.416 e. The zero-order valence-corrected chi connectivity index (χ0v) is 12.9. The first-order valence-electron chi connectivity index (χ1n) is 5.50. The van der Waals surface area contributed by atoms with Crippen LogP contribution in [0, 0.1) is 6.92 Å². The van der Waals surface area contributed by atoms with E-state index in [9.17, 15) is 21.6 Å². The van der Waals surface area contributed by atoms with Gasteiger partial charge in [0.1, 0.15) is 5.82 Å². The van der Waals surface area contributed by atoms with Gasteiger partial charge in [-0.05, 0) is 25.1 Å². The highest BCUT2D eigenvalue weighted by atomic mass is 79.9. The smallest absolute Gasteiger partial charge is 0.332 e. The van der Waals surface area contributed by atoms with Crippen molar-refractivity contribution >= 4 is 31.6 Å². The molecule has 0 fully saturated rings. The number of halogens is 4. The Balaban J connectivity index is 2.38. The predicted octanol–water partition coefficient (Wildman–Crippen LogP) is 3.30. The molecule has 114 valence electrons. The second-order valence-electron chi connectivity index (χ2n) is 4.16. The van der Waals surface area contributed by atoms with Crippen molar-refractivity contribution in [1.29, 1.82) is 0 Å². The number of aryl methyl sites for hydroxylation is 1. The Hall–Kier alpha value is -1.55. The lowest BCUT2D eigenvalue weighted by atomic mass is 10.2. The molecule has 2 aromatic rings. The van der Waals surface area contributed by atoms with Crippen molar-refractivity contribution < 1.29 is 21.6 Å². The van der Waals surface area contributed by atoms with E-state index in [0.717, 1.165) is 12.3 Å². The molecule has 0 atom stereocenters. The number of sulfonamides is 1. The third-order valence-corrected chi connectivity index (χ3v) is 4.20. The van der Waals surface area contributed by atoms with Crippen LogP contribution in [0.2, 0.25) is 0 Å². The third kappa shape index (κ3) is 3.76. The van der Waals surface area contributed by atoms with Gasteiger partial charge in [-0.3, -0.25) is 4.72 Å². The summed E-state index contributed by atoms with van der Waals surface area (Å²) in [6.07, 6.45) is -3.49. The van der Waals surface area contributed by atoms with Gasteiger partial charge in [0.15, 0.2) is 5.03 Å². The van der Waals surface area contributed by atoms with Crippen LogP contribution in [-0.2, 0) is 16.2 Å². The molecule has 5 nitrogen and oxygen atoms in total. The molecule has 0 saturated carbocycles. The summed E-state index contributed by atoms with van der Waals surface area (Å²) >= 11 is 2.92. The van der Waals surface area contributed by atoms with Gasteiger partial charge in [-0.2, -0.15) is 21.6 Å². The van der Waals surface area contributed by atoms with Crippen molar-refractivity contribution in [3.05, 3.63) is 40.3 Å². The average molecular weight is 384 g/mol. The maximum absolute atomic E-state index is 12.7. The minimum Gasteiger partial charge on any atom is -0.332 e. The molecule has 1 aromatic heterocycles. The monoisotopic (exact) mass is 383 g/mol. The number of nitrogens with one attached hydrogen (secondary N) is 2. The van der Waals surface area contributed by atoms with E-state index < -0.39 is 21.8 Å². The number of alkyl halides is 3. The summed E-state index contributed by atoms with van der Waals surface area (Å²) in [5.41, 5.74) is -1.17. The molecule has 0 saturated heterocycles. The zero-order chi connectivity index (χ0) is 15.8. The molecule has 21 heavy (non-hydrogen) atoms. The molecule has 0 spiro atoms. The molecule has 1 heterocycles. The molecule has 10 heteroatoms. The van der Waals surface area contributed by atoms with Gasteiger partial charge in [-0.25, -0.2) is 4.98 Å². The van der Waals surface area contributed by atoms with E-state index in [2.05, 4.69) is 30.6 Å². The van der Waals surface area contributed by atoms with Gasteiger partial charge in [0, 0.05) is 4.47 Å². The van der Waals surface area contributed by atoms with E-state index in [0.29, 0.717) is 11.9 Å². The topological polar surface area (TPSA) is 74.8 Å². The van der Waals surface area contributed by atoms with Gasteiger partial charge < -0.3 is 4.98 Å². The molecule has 1 aromatic carbocycles. The van der Waals surface area contributed by atoms with E-state index in [-0.39, 0.29) is 15.2 Å². The molecule has 0 aliphatic heterocycles. The first-order valence-corrected chi connectivity index (χ1v) is 7.78. The van der Waals surface area contributed by atoms with Crippen LogP contribution in [0.3, 0.4) is 0 Å². The maximum Gasteiger partial charge on any atom is 0.416 e. The number of hydrogen-bond donors (Lipinski definition) is 2. The van der Waals surface area contributed by atoms with Gasteiger partial charge in [-0.15, -0.1) is 0 Å². The first kappa shape index (κ1) is 15.8. The van der Waals surface area contributed by atoms with Crippen molar-refractivity contribution in [2.75, 3.05) is 4.72 Å². The van der Waals surface area contributed by atoms with Crippen LogP contribution in [0.25, 0.3) is 0 Å². The van der Waals surface area contributed by atoms with Gasteiger partial charge in [-0.1, -0.05) is 15.9 Å². The number of rotatable bonds is 3. The summed E-state index contributed by atoms with van der Waals surface area (Å²) in [5.74, 6) is 0.376. The molecule has 0 bridgehead atoms. The van der Waals surface area contributed by atoms with Crippen LogP contribution in [0.5, 0.6) is 0 Å². The Morgan fingerprint density at radius 1 is 1.29 bits per heavy atom. The number of H-pyrrole nitrogens is 1. The van der Waals surface area contributed by atoms with Crippen LogP contribution in [0.15, 0.2) is 33.9 Å². The Kier molecular flexibility index (Phi) is 4.02. The Bertz CT molecular complexity index is 771. The lowest BCUT2D eigenvalue weighted by Crippen LogP contribution is -2.14. The van der Waals surface area contributed by atoms with E-state index in [1.807, 2.05) is 0 Å². The molecule has 2 N–H and O–H groups in total. The highest BCUT2D eigenvalue weighted by molar-refractivity contribution is 9.10. The summed E-state index contributed by atoms with van der Waals surface area (Å²) in [7, 11) is -4.03. The Morgan fingerprint density at radius 3 is 2.48 bits per heavy atom. The number of imidazole rings is 1. The fourth-order valence-electron chi connectivity index (χ4n) is 1.56. The van der Waals surface area contributed by atoms with Crippen LogP contribution in [0.4, 0.5) is 18.9 Å². The highest BCUT2D eigenvalue weighted by Gasteiger charge is 2.31. The lowest BCUT2D eigenvalue weighted by Gasteiger charge is -2.11. The first-order chi connectivity index (χ1) is 9.58. The van der Waals surface area contributed by atoms with Gasteiger partial charge in [0.2, 0.25) is 0 Å². The zero-order valence-electron chi connectivity index (χ0n) is 10.5. The molecule has 2 rings (SSSR count). The summed E-state index contributed by atoms with van der Waals surface area (Å²) < 4.78 is 64.3. The molecule has 0 aliphatic rings. The van der Waals surface area contributed by atoms with Crippen molar-refractivity contribution in [3.63, 3.8) is 0 Å². The minimum absolute atomic E-state index is 0.107. The average Bonchev–Trinajstić information content (AvgIpc) is 2.74. The van der Waals surface area contributed by atoms with E-state index in [4.69, 9.17) is 0 Å². The number of aromatic nitrogens is 2. The number of aromatic amines is 1.